The minimum atomic E-state index is -0.0673. The van der Waals surface area contributed by atoms with Gasteiger partial charge in [-0.05, 0) is 37.1 Å². The Bertz CT molecular complexity index is 761. The number of benzene rings is 2. The van der Waals surface area contributed by atoms with E-state index in [-0.39, 0.29) is 11.8 Å². The average molecular weight is 340 g/mol. The largest absolute Gasteiger partial charge is 0.324 e. The smallest absolute Gasteiger partial charge is 0.234 e. The maximum atomic E-state index is 12.3. The molecule has 124 valence electrons. The van der Waals surface area contributed by atoms with E-state index in [1.807, 2.05) is 55.5 Å². The predicted molar refractivity (Wildman–Crippen MR) is 98.6 cm³/mol. The van der Waals surface area contributed by atoms with Gasteiger partial charge in [-0.25, -0.2) is 0 Å². The van der Waals surface area contributed by atoms with Crippen molar-refractivity contribution in [3.8, 4) is 0 Å². The Morgan fingerprint density at radius 1 is 1.17 bits per heavy atom. The van der Waals surface area contributed by atoms with Gasteiger partial charge in [-0.3, -0.25) is 9.59 Å². The van der Waals surface area contributed by atoms with Gasteiger partial charge < -0.3 is 10.2 Å². The van der Waals surface area contributed by atoms with Crippen molar-refractivity contribution in [3.63, 3.8) is 0 Å². The van der Waals surface area contributed by atoms with E-state index in [0.29, 0.717) is 24.4 Å². The van der Waals surface area contributed by atoms with Crippen molar-refractivity contribution >= 4 is 35.0 Å². The molecule has 0 unspecified atom stereocenters. The lowest BCUT2D eigenvalue weighted by molar-refractivity contribution is -0.117. The first-order valence-electron chi connectivity index (χ1n) is 8.03. The number of carbonyl (C=O) groups excluding carboxylic acids is 2. The van der Waals surface area contributed by atoms with E-state index < -0.39 is 0 Å². The monoisotopic (exact) mass is 340 g/mol. The van der Waals surface area contributed by atoms with E-state index in [1.165, 1.54) is 17.3 Å². The highest BCUT2D eigenvalue weighted by Gasteiger charge is 2.24. The average Bonchev–Trinajstić information content (AvgIpc) is 3.00. The summed E-state index contributed by atoms with van der Waals surface area (Å²) in [6.07, 6.45) is 1.44. The van der Waals surface area contributed by atoms with E-state index in [0.717, 1.165) is 17.0 Å². The molecule has 1 N–H and O–H groups in total. The Kier molecular flexibility index (Phi) is 5.20. The van der Waals surface area contributed by atoms with Crippen LogP contribution in [0.4, 0.5) is 11.4 Å². The summed E-state index contributed by atoms with van der Waals surface area (Å²) in [5.41, 5.74) is 2.65. The Morgan fingerprint density at radius 2 is 1.92 bits per heavy atom. The third kappa shape index (κ3) is 3.79. The lowest BCUT2D eigenvalue weighted by atomic mass is 10.2. The highest BCUT2D eigenvalue weighted by atomic mass is 32.2. The number of thioether (sulfide) groups is 1. The van der Waals surface area contributed by atoms with Gasteiger partial charge in [0.25, 0.3) is 0 Å². The van der Waals surface area contributed by atoms with E-state index in [1.54, 1.807) is 4.90 Å². The Labute approximate surface area is 146 Å². The maximum absolute atomic E-state index is 12.3. The topological polar surface area (TPSA) is 49.4 Å². The van der Waals surface area contributed by atoms with Crippen LogP contribution in [0, 0.1) is 6.92 Å². The van der Waals surface area contributed by atoms with Gasteiger partial charge in [0.2, 0.25) is 11.8 Å². The molecule has 3 rings (SSSR count). The summed E-state index contributed by atoms with van der Waals surface area (Å²) in [5.74, 6) is 0.390. The first-order valence-corrected chi connectivity index (χ1v) is 9.01. The lowest BCUT2D eigenvalue weighted by Crippen LogP contribution is -2.25. The third-order valence-corrected chi connectivity index (χ3v) is 5.17. The van der Waals surface area contributed by atoms with Crippen LogP contribution in [0.1, 0.15) is 18.4 Å². The molecule has 0 bridgehead atoms. The van der Waals surface area contributed by atoms with E-state index in [2.05, 4.69) is 5.32 Å². The molecule has 1 aliphatic rings. The van der Waals surface area contributed by atoms with Gasteiger partial charge in [-0.15, -0.1) is 11.8 Å². The quantitative estimate of drug-likeness (QED) is 0.841. The van der Waals surface area contributed by atoms with Crippen LogP contribution in [0.5, 0.6) is 0 Å². The first-order chi connectivity index (χ1) is 11.6. The highest BCUT2D eigenvalue weighted by molar-refractivity contribution is 8.00. The van der Waals surface area contributed by atoms with Gasteiger partial charge in [0.15, 0.2) is 0 Å². The predicted octanol–water partition coefficient (Wildman–Crippen LogP) is 3.85. The van der Waals surface area contributed by atoms with Gasteiger partial charge in [-0.2, -0.15) is 0 Å². The molecule has 0 aliphatic carbocycles. The maximum Gasteiger partial charge on any atom is 0.234 e. The molecule has 5 heteroatoms. The number of hydrogen-bond acceptors (Lipinski definition) is 3. The molecule has 24 heavy (non-hydrogen) atoms. The van der Waals surface area contributed by atoms with Gasteiger partial charge in [0, 0.05) is 17.9 Å². The van der Waals surface area contributed by atoms with Gasteiger partial charge in [0.1, 0.15) is 0 Å². The number of nitrogens with zero attached hydrogens (tertiary/aromatic N) is 1. The number of carbonyl (C=O) groups is 2. The number of para-hydroxylation sites is 2. The zero-order chi connectivity index (χ0) is 16.9. The summed E-state index contributed by atoms with van der Waals surface area (Å²) < 4.78 is 0. The van der Waals surface area contributed by atoms with Crippen LogP contribution in [0.3, 0.4) is 0 Å². The van der Waals surface area contributed by atoms with Crippen LogP contribution in [0.15, 0.2) is 53.4 Å². The summed E-state index contributed by atoms with van der Waals surface area (Å²) in [4.78, 5) is 27.1. The molecule has 2 aromatic carbocycles. The summed E-state index contributed by atoms with van der Waals surface area (Å²) in [5, 5.41) is 2.94. The van der Waals surface area contributed by atoms with E-state index in [4.69, 9.17) is 0 Å². The third-order valence-electron chi connectivity index (χ3n) is 3.99. The van der Waals surface area contributed by atoms with Crippen molar-refractivity contribution in [2.24, 2.45) is 0 Å². The van der Waals surface area contributed by atoms with Crippen LogP contribution in [0.25, 0.3) is 0 Å². The van der Waals surface area contributed by atoms with Crippen LogP contribution in [-0.4, -0.2) is 24.1 Å². The minimum absolute atomic E-state index is 0.0673. The van der Waals surface area contributed by atoms with E-state index in [9.17, 15) is 9.59 Å². The molecule has 0 radical (unpaired) electrons. The fourth-order valence-corrected chi connectivity index (χ4v) is 3.59. The Hall–Kier alpha value is -2.27. The zero-order valence-electron chi connectivity index (χ0n) is 13.6. The minimum Gasteiger partial charge on any atom is -0.324 e. The normalized spacial score (nSPS) is 14.0. The zero-order valence-corrected chi connectivity index (χ0v) is 14.4. The standard InChI is InChI=1S/C19H20N2O2S/c1-14-7-2-5-10-17(14)24-13-18(22)20-15-8-3-4-9-16(15)21-12-6-11-19(21)23/h2-5,7-10H,6,11-13H2,1H3,(H,20,22). The second-order valence-corrected chi connectivity index (χ2v) is 6.79. The van der Waals surface area contributed by atoms with E-state index >= 15 is 0 Å². The highest BCUT2D eigenvalue weighted by Crippen LogP contribution is 2.30. The van der Waals surface area contributed by atoms with Gasteiger partial charge in [0.05, 0.1) is 17.1 Å². The number of rotatable bonds is 5. The van der Waals surface area contributed by atoms with Gasteiger partial charge in [-0.1, -0.05) is 30.3 Å². The molecule has 1 fully saturated rings. The number of amides is 2. The van der Waals surface area contributed by atoms with Crippen LogP contribution in [-0.2, 0) is 9.59 Å². The number of anilines is 2. The fraction of sp³-hybridized carbons (Fsp3) is 0.263. The van der Waals surface area contributed by atoms with Crippen molar-refractivity contribution in [1.82, 2.24) is 0 Å². The van der Waals surface area contributed by atoms with Crippen LogP contribution < -0.4 is 10.2 Å². The molecule has 0 spiro atoms. The molecular weight excluding hydrogens is 320 g/mol. The molecule has 4 nitrogen and oxygen atoms in total. The summed E-state index contributed by atoms with van der Waals surface area (Å²) in [7, 11) is 0. The molecule has 1 heterocycles. The SMILES string of the molecule is Cc1ccccc1SCC(=O)Nc1ccccc1N1CCCC1=O. The molecule has 2 amide bonds. The first kappa shape index (κ1) is 16.6. The molecule has 2 aromatic rings. The molecule has 1 aliphatic heterocycles. The van der Waals surface area contributed by atoms with Crippen molar-refractivity contribution < 1.29 is 9.59 Å². The molecular formula is C19H20N2O2S. The van der Waals surface area contributed by atoms with Crippen LogP contribution in [0.2, 0.25) is 0 Å². The molecule has 0 saturated carbocycles. The summed E-state index contributed by atoms with van der Waals surface area (Å²) >= 11 is 1.52. The molecule has 0 atom stereocenters. The van der Waals surface area contributed by atoms with Crippen molar-refractivity contribution in [3.05, 3.63) is 54.1 Å². The van der Waals surface area contributed by atoms with Crippen molar-refractivity contribution in [2.75, 3.05) is 22.5 Å². The Balaban J connectivity index is 1.66. The lowest BCUT2D eigenvalue weighted by Gasteiger charge is -2.20. The number of hydrogen-bond donors (Lipinski definition) is 1. The van der Waals surface area contributed by atoms with Crippen LogP contribution >= 0.6 is 11.8 Å². The Morgan fingerprint density at radius 3 is 2.67 bits per heavy atom. The second-order valence-electron chi connectivity index (χ2n) is 5.77. The summed E-state index contributed by atoms with van der Waals surface area (Å²) in [6, 6.07) is 15.5. The summed E-state index contributed by atoms with van der Waals surface area (Å²) in [6.45, 7) is 2.75. The van der Waals surface area contributed by atoms with Crippen molar-refractivity contribution in [2.45, 2.75) is 24.7 Å². The molecule has 0 aromatic heterocycles. The number of aryl methyl sites for hydroxylation is 1. The second kappa shape index (κ2) is 7.53. The van der Waals surface area contributed by atoms with Crippen molar-refractivity contribution in [1.29, 1.82) is 0 Å². The number of nitrogens with one attached hydrogen (secondary N) is 1. The molecule has 1 saturated heterocycles. The van der Waals surface area contributed by atoms with Gasteiger partial charge >= 0.3 is 0 Å². The fourth-order valence-electron chi connectivity index (χ4n) is 2.77.